The second-order valence-electron chi connectivity index (χ2n) is 3.94. The minimum atomic E-state index is -0.475. The number of benzene rings is 1. The lowest BCUT2D eigenvalue weighted by molar-refractivity contribution is 0.180. The summed E-state index contributed by atoms with van der Waals surface area (Å²) in [4.78, 5) is 0. The molecular formula is C12H15FOS2. The van der Waals surface area contributed by atoms with Crippen molar-refractivity contribution in [1.82, 2.24) is 0 Å². The maximum Gasteiger partial charge on any atom is 0.126 e. The zero-order chi connectivity index (χ0) is 11.5. The van der Waals surface area contributed by atoms with Crippen LogP contribution in [0.2, 0.25) is 0 Å². The van der Waals surface area contributed by atoms with Crippen molar-refractivity contribution in [2.24, 2.45) is 0 Å². The molecule has 1 heterocycles. The zero-order valence-corrected chi connectivity index (χ0v) is 10.8. The van der Waals surface area contributed by atoms with Crippen LogP contribution in [0.15, 0.2) is 18.2 Å². The third-order valence-electron chi connectivity index (χ3n) is 2.72. The fraction of sp³-hybridized carbons (Fsp3) is 0.500. The Hall–Kier alpha value is -0.190. The van der Waals surface area contributed by atoms with Crippen LogP contribution in [-0.4, -0.2) is 27.6 Å². The molecule has 0 radical (unpaired) electrons. The summed E-state index contributed by atoms with van der Waals surface area (Å²) in [6.07, 6.45) is -0.475. The lowest BCUT2D eigenvalue weighted by Gasteiger charge is -2.26. The second-order valence-corrected chi connectivity index (χ2v) is 6.43. The van der Waals surface area contributed by atoms with Crippen molar-refractivity contribution in [2.75, 3.05) is 17.3 Å². The van der Waals surface area contributed by atoms with Crippen molar-refractivity contribution in [1.29, 1.82) is 0 Å². The van der Waals surface area contributed by atoms with Crippen molar-refractivity contribution in [2.45, 2.75) is 18.3 Å². The highest BCUT2D eigenvalue weighted by atomic mass is 32.2. The largest absolute Gasteiger partial charge is 0.387 e. The van der Waals surface area contributed by atoms with E-state index in [2.05, 4.69) is 0 Å². The summed E-state index contributed by atoms with van der Waals surface area (Å²) >= 11 is 3.69. The second kappa shape index (κ2) is 5.43. The molecule has 4 heteroatoms. The third kappa shape index (κ3) is 2.73. The van der Waals surface area contributed by atoms with Crippen molar-refractivity contribution in [3.8, 4) is 0 Å². The highest BCUT2D eigenvalue weighted by molar-refractivity contribution is 8.06. The SMILES string of the molecule is Cc1cc(C(O)C2CSCCS2)ccc1F. The molecule has 0 aliphatic carbocycles. The monoisotopic (exact) mass is 258 g/mol. The average molecular weight is 258 g/mol. The Balaban J connectivity index is 2.12. The lowest BCUT2D eigenvalue weighted by atomic mass is 10.0. The first-order chi connectivity index (χ1) is 7.68. The Morgan fingerprint density at radius 1 is 1.44 bits per heavy atom. The number of hydrogen-bond donors (Lipinski definition) is 1. The lowest BCUT2D eigenvalue weighted by Crippen LogP contribution is -2.22. The molecule has 1 aliphatic rings. The van der Waals surface area contributed by atoms with Gasteiger partial charge in [0.05, 0.1) is 6.10 Å². The number of halogens is 1. The van der Waals surface area contributed by atoms with Crippen molar-refractivity contribution in [3.63, 3.8) is 0 Å². The Labute approximate surface area is 104 Å². The van der Waals surface area contributed by atoms with E-state index in [0.29, 0.717) is 5.56 Å². The van der Waals surface area contributed by atoms with Gasteiger partial charge in [-0.05, 0) is 24.1 Å². The molecule has 0 aromatic heterocycles. The maximum atomic E-state index is 13.1. The molecular weight excluding hydrogens is 243 g/mol. The van der Waals surface area contributed by atoms with E-state index in [1.807, 2.05) is 23.5 Å². The van der Waals surface area contributed by atoms with Gasteiger partial charge in [-0.15, -0.1) is 0 Å². The highest BCUT2D eigenvalue weighted by Crippen LogP contribution is 2.33. The smallest absolute Gasteiger partial charge is 0.126 e. The first-order valence-electron chi connectivity index (χ1n) is 5.32. The molecule has 1 nitrogen and oxygen atoms in total. The van der Waals surface area contributed by atoms with Crippen LogP contribution in [0.4, 0.5) is 4.39 Å². The van der Waals surface area contributed by atoms with Crippen LogP contribution in [0, 0.1) is 12.7 Å². The van der Waals surface area contributed by atoms with Gasteiger partial charge in [0.25, 0.3) is 0 Å². The first-order valence-corrected chi connectivity index (χ1v) is 7.52. The predicted molar refractivity (Wildman–Crippen MR) is 69.7 cm³/mol. The number of rotatable bonds is 2. The average Bonchev–Trinajstić information content (AvgIpc) is 2.33. The normalized spacial score (nSPS) is 23.1. The Bertz CT molecular complexity index is 364. The highest BCUT2D eigenvalue weighted by Gasteiger charge is 2.24. The molecule has 0 spiro atoms. The molecule has 88 valence electrons. The molecule has 2 rings (SSSR count). The molecule has 1 aliphatic heterocycles. The zero-order valence-electron chi connectivity index (χ0n) is 9.15. The van der Waals surface area contributed by atoms with Gasteiger partial charge in [-0.2, -0.15) is 23.5 Å². The molecule has 1 aromatic carbocycles. The van der Waals surface area contributed by atoms with Crippen molar-refractivity contribution < 1.29 is 9.50 Å². The van der Waals surface area contributed by atoms with E-state index < -0.39 is 6.10 Å². The number of aliphatic hydroxyl groups is 1. The van der Waals surface area contributed by atoms with E-state index in [4.69, 9.17) is 0 Å². The van der Waals surface area contributed by atoms with Crippen LogP contribution in [0.25, 0.3) is 0 Å². The van der Waals surface area contributed by atoms with Gasteiger partial charge in [0, 0.05) is 22.5 Å². The number of aliphatic hydroxyl groups excluding tert-OH is 1. The quantitative estimate of drug-likeness (QED) is 0.880. The van der Waals surface area contributed by atoms with Crippen LogP contribution in [0.1, 0.15) is 17.2 Å². The van der Waals surface area contributed by atoms with Crippen LogP contribution >= 0.6 is 23.5 Å². The van der Waals surface area contributed by atoms with E-state index in [1.165, 1.54) is 6.07 Å². The van der Waals surface area contributed by atoms with Crippen molar-refractivity contribution in [3.05, 3.63) is 35.1 Å². The van der Waals surface area contributed by atoms with Crippen LogP contribution in [0.3, 0.4) is 0 Å². The van der Waals surface area contributed by atoms with Gasteiger partial charge in [-0.1, -0.05) is 12.1 Å². The summed E-state index contributed by atoms with van der Waals surface area (Å²) < 4.78 is 13.1. The van der Waals surface area contributed by atoms with E-state index in [9.17, 15) is 9.50 Å². The van der Waals surface area contributed by atoms with Gasteiger partial charge in [0.2, 0.25) is 0 Å². The first kappa shape index (κ1) is 12.3. The summed E-state index contributed by atoms with van der Waals surface area (Å²) in [5, 5.41) is 10.4. The number of aryl methyl sites for hydroxylation is 1. The Morgan fingerprint density at radius 2 is 2.25 bits per heavy atom. The summed E-state index contributed by atoms with van der Waals surface area (Å²) in [5.74, 6) is 3.02. The molecule has 2 atom stereocenters. The Morgan fingerprint density at radius 3 is 2.88 bits per heavy atom. The van der Waals surface area contributed by atoms with Gasteiger partial charge in [0.1, 0.15) is 5.82 Å². The van der Waals surface area contributed by atoms with Crippen LogP contribution in [0.5, 0.6) is 0 Å². The van der Waals surface area contributed by atoms with Crippen LogP contribution in [-0.2, 0) is 0 Å². The molecule has 1 saturated heterocycles. The Kier molecular flexibility index (Phi) is 4.16. The summed E-state index contributed by atoms with van der Waals surface area (Å²) in [6, 6.07) is 4.88. The van der Waals surface area contributed by atoms with E-state index >= 15 is 0 Å². The standard InChI is InChI=1S/C12H15FOS2/c1-8-6-9(2-3-10(8)13)12(14)11-7-15-4-5-16-11/h2-3,6,11-12,14H,4-5,7H2,1H3. The van der Waals surface area contributed by atoms with Gasteiger partial charge in [0.15, 0.2) is 0 Å². The third-order valence-corrected chi connectivity index (χ3v) is 5.57. The number of hydrogen-bond acceptors (Lipinski definition) is 3. The van der Waals surface area contributed by atoms with E-state index in [0.717, 1.165) is 22.8 Å². The minimum Gasteiger partial charge on any atom is -0.387 e. The molecule has 1 aromatic rings. The van der Waals surface area contributed by atoms with Gasteiger partial charge < -0.3 is 5.11 Å². The van der Waals surface area contributed by atoms with E-state index in [-0.39, 0.29) is 11.1 Å². The minimum absolute atomic E-state index is 0.207. The molecule has 16 heavy (non-hydrogen) atoms. The van der Waals surface area contributed by atoms with Gasteiger partial charge in [-0.3, -0.25) is 0 Å². The number of thioether (sulfide) groups is 2. The fourth-order valence-corrected chi connectivity index (χ4v) is 4.51. The molecule has 2 unspecified atom stereocenters. The van der Waals surface area contributed by atoms with Crippen LogP contribution < -0.4 is 0 Å². The molecule has 0 saturated carbocycles. The molecule has 0 bridgehead atoms. The summed E-state index contributed by atoms with van der Waals surface area (Å²) in [5.41, 5.74) is 1.43. The fourth-order valence-electron chi connectivity index (χ4n) is 1.75. The van der Waals surface area contributed by atoms with E-state index in [1.54, 1.807) is 19.1 Å². The molecule has 1 fully saturated rings. The maximum absolute atomic E-state index is 13.1. The van der Waals surface area contributed by atoms with Crippen molar-refractivity contribution >= 4 is 23.5 Å². The van der Waals surface area contributed by atoms with Gasteiger partial charge >= 0.3 is 0 Å². The topological polar surface area (TPSA) is 20.2 Å². The summed E-state index contributed by atoms with van der Waals surface area (Å²) in [6.45, 7) is 1.73. The summed E-state index contributed by atoms with van der Waals surface area (Å²) in [7, 11) is 0. The molecule has 1 N–H and O–H groups in total. The predicted octanol–water partition coefficient (Wildman–Crippen LogP) is 3.02. The van der Waals surface area contributed by atoms with Gasteiger partial charge in [-0.25, -0.2) is 4.39 Å². The molecule has 0 amide bonds.